The summed E-state index contributed by atoms with van der Waals surface area (Å²) in [5.74, 6) is 0.0482. The minimum atomic E-state index is -0.722. The largest absolute Gasteiger partial charge is 0.496 e. The van der Waals surface area contributed by atoms with Crippen LogP contribution >= 0.6 is 15.9 Å². The van der Waals surface area contributed by atoms with Gasteiger partial charge in [-0.2, -0.15) is 0 Å². The third kappa shape index (κ3) is 3.98. The molecule has 1 aliphatic rings. The maximum Gasteiger partial charge on any atom is 0.303 e. The van der Waals surface area contributed by atoms with Crippen LogP contribution < -0.4 is 10.5 Å². The quantitative estimate of drug-likeness (QED) is 0.811. The molecule has 3 N–H and O–H groups in total. The Morgan fingerprint density at radius 2 is 2.14 bits per heavy atom. The molecule has 1 saturated carbocycles. The molecule has 0 bridgehead atoms. The van der Waals surface area contributed by atoms with Gasteiger partial charge >= 0.3 is 5.97 Å². The molecule has 2 rings (SSSR count). The SMILES string of the molecule is COc1ccc(C(N)CC2(CC(=O)O)CCCC2)cc1Br. The molecule has 0 spiro atoms. The van der Waals surface area contributed by atoms with E-state index in [4.69, 9.17) is 10.5 Å². The van der Waals surface area contributed by atoms with E-state index in [2.05, 4.69) is 15.9 Å². The van der Waals surface area contributed by atoms with Gasteiger partial charge in [0.25, 0.3) is 0 Å². The number of carbonyl (C=O) groups is 1. The van der Waals surface area contributed by atoms with Gasteiger partial charge in [0.05, 0.1) is 18.0 Å². The summed E-state index contributed by atoms with van der Waals surface area (Å²) >= 11 is 3.47. The molecule has 4 nitrogen and oxygen atoms in total. The summed E-state index contributed by atoms with van der Waals surface area (Å²) < 4.78 is 6.09. The van der Waals surface area contributed by atoms with E-state index < -0.39 is 5.97 Å². The summed E-state index contributed by atoms with van der Waals surface area (Å²) in [5.41, 5.74) is 7.21. The normalized spacial score (nSPS) is 18.4. The molecule has 0 heterocycles. The maximum atomic E-state index is 11.2. The molecule has 5 heteroatoms. The van der Waals surface area contributed by atoms with E-state index in [1.54, 1.807) is 7.11 Å². The van der Waals surface area contributed by atoms with Crippen molar-refractivity contribution in [3.05, 3.63) is 28.2 Å². The molecule has 1 aromatic carbocycles. The van der Waals surface area contributed by atoms with Gasteiger partial charge in [0, 0.05) is 6.04 Å². The van der Waals surface area contributed by atoms with Crippen LogP contribution in [-0.2, 0) is 4.79 Å². The lowest BCUT2D eigenvalue weighted by Gasteiger charge is -2.30. The second kappa shape index (κ2) is 6.79. The fourth-order valence-corrected chi connectivity index (χ4v) is 3.95. The zero-order chi connectivity index (χ0) is 15.5. The number of carboxylic acid groups (broad SMARTS) is 1. The average molecular weight is 356 g/mol. The van der Waals surface area contributed by atoms with Gasteiger partial charge < -0.3 is 15.6 Å². The highest BCUT2D eigenvalue weighted by Gasteiger charge is 2.37. The maximum absolute atomic E-state index is 11.2. The molecule has 1 aromatic rings. The van der Waals surface area contributed by atoms with Crippen LogP contribution in [0.25, 0.3) is 0 Å². The van der Waals surface area contributed by atoms with Gasteiger partial charge in [-0.15, -0.1) is 0 Å². The molecule has 1 aliphatic carbocycles. The van der Waals surface area contributed by atoms with Crippen molar-refractivity contribution in [3.8, 4) is 5.75 Å². The number of ether oxygens (including phenoxy) is 1. The van der Waals surface area contributed by atoms with Crippen LogP contribution in [0.3, 0.4) is 0 Å². The van der Waals surface area contributed by atoms with Gasteiger partial charge in [0.1, 0.15) is 5.75 Å². The van der Waals surface area contributed by atoms with Gasteiger partial charge in [0.15, 0.2) is 0 Å². The predicted molar refractivity (Wildman–Crippen MR) is 85.4 cm³/mol. The van der Waals surface area contributed by atoms with Crippen molar-refractivity contribution in [2.45, 2.75) is 44.6 Å². The zero-order valence-corrected chi connectivity index (χ0v) is 13.9. The molecular formula is C16H22BrNO3. The Kier molecular flexibility index (Phi) is 5.27. The second-order valence-corrected chi connectivity index (χ2v) is 6.84. The van der Waals surface area contributed by atoms with Crippen LogP contribution in [0.5, 0.6) is 5.75 Å². The van der Waals surface area contributed by atoms with Crippen molar-refractivity contribution >= 4 is 21.9 Å². The molecule has 0 saturated heterocycles. The summed E-state index contributed by atoms with van der Waals surface area (Å²) in [6.45, 7) is 0. The topological polar surface area (TPSA) is 72.5 Å². The first-order valence-electron chi connectivity index (χ1n) is 7.27. The highest BCUT2D eigenvalue weighted by atomic mass is 79.9. The number of aliphatic carboxylic acids is 1. The molecule has 1 atom stereocenters. The number of benzene rings is 1. The Morgan fingerprint density at radius 3 is 2.67 bits per heavy atom. The number of rotatable bonds is 6. The van der Waals surface area contributed by atoms with E-state index in [1.165, 1.54) is 0 Å². The number of halogens is 1. The first-order chi connectivity index (χ1) is 9.96. The lowest BCUT2D eigenvalue weighted by molar-refractivity contribution is -0.139. The van der Waals surface area contributed by atoms with Crippen LogP contribution in [0.1, 0.15) is 50.1 Å². The molecule has 0 radical (unpaired) electrons. The number of carboxylic acids is 1. The third-order valence-corrected chi connectivity index (χ3v) is 5.07. The van der Waals surface area contributed by atoms with Crippen molar-refractivity contribution in [2.75, 3.05) is 7.11 Å². The van der Waals surface area contributed by atoms with Crippen LogP contribution in [0, 0.1) is 5.41 Å². The molecule has 1 fully saturated rings. The van der Waals surface area contributed by atoms with Crippen LogP contribution in [0.4, 0.5) is 0 Å². The minimum absolute atomic E-state index is 0.141. The molecule has 0 amide bonds. The van der Waals surface area contributed by atoms with E-state index >= 15 is 0 Å². The summed E-state index contributed by atoms with van der Waals surface area (Å²) in [7, 11) is 1.63. The van der Waals surface area contributed by atoms with E-state index in [-0.39, 0.29) is 17.9 Å². The van der Waals surface area contributed by atoms with Crippen molar-refractivity contribution in [2.24, 2.45) is 11.1 Å². The Morgan fingerprint density at radius 1 is 1.48 bits per heavy atom. The van der Waals surface area contributed by atoms with Crippen molar-refractivity contribution in [1.29, 1.82) is 0 Å². The van der Waals surface area contributed by atoms with Crippen molar-refractivity contribution in [3.63, 3.8) is 0 Å². The highest BCUT2D eigenvalue weighted by Crippen LogP contribution is 2.47. The van der Waals surface area contributed by atoms with E-state index in [1.807, 2.05) is 18.2 Å². The lowest BCUT2D eigenvalue weighted by Crippen LogP contribution is -2.27. The lowest BCUT2D eigenvalue weighted by atomic mass is 9.76. The first-order valence-corrected chi connectivity index (χ1v) is 8.06. The first kappa shape index (κ1) is 16.3. The van der Waals surface area contributed by atoms with E-state index in [0.29, 0.717) is 0 Å². The Bertz CT molecular complexity index is 512. The molecular weight excluding hydrogens is 334 g/mol. The third-order valence-electron chi connectivity index (χ3n) is 4.45. The fourth-order valence-electron chi connectivity index (χ4n) is 3.40. The van der Waals surface area contributed by atoms with Gasteiger partial charge in [0.2, 0.25) is 0 Å². The van der Waals surface area contributed by atoms with Crippen molar-refractivity contribution < 1.29 is 14.6 Å². The smallest absolute Gasteiger partial charge is 0.303 e. The van der Waals surface area contributed by atoms with Gasteiger partial charge in [-0.3, -0.25) is 4.79 Å². The molecule has 0 aromatic heterocycles. The van der Waals surface area contributed by atoms with E-state index in [9.17, 15) is 9.90 Å². The van der Waals surface area contributed by atoms with Gasteiger partial charge in [-0.1, -0.05) is 18.9 Å². The second-order valence-electron chi connectivity index (χ2n) is 5.98. The number of hydrogen-bond acceptors (Lipinski definition) is 3. The number of methoxy groups -OCH3 is 1. The molecule has 1 unspecified atom stereocenters. The van der Waals surface area contributed by atoms with Crippen LogP contribution in [0.15, 0.2) is 22.7 Å². The molecule has 0 aliphatic heterocycles. The highest BCUT2D eigenvalue weighted by molar-refractivity contribution is 9.10. The zero-order valence-electron chi connectivity index (χ0n) is 12.3. The van der Waals surface area contributed by atoms with Crippen LogP contribution in [-0.4, -0.2) is 18.2 Å². The van der Waals surface area contributed by atoms with E-state index in [0.717, 1.165) is 47.9 Å². The van der Waals surface area contributed by atoms with Crippen molar-refractivity contribution in [1.82, 2.24) is 0 Å². The average Bonchev–Trinajstić information content (AvgIpc) is 2.85. The summed E-state index contributed by atoms with van der Waals surface area (Å²) in [5, 5.41) is 9.17. The number of nitrogens with two attached hydrogens (primary N) is 1. The molecule has 21 heavy (non-hydrogen) atoms. The Balaban J connectivity index is 2.13. The predicted octanol–water partition coefficient (Wildman–Crippen LogP) is 3.88. The Hall–Kier alpha value is -1.07. The van der Waals surface area contributed by atoms with Gasteiger partial charge in [-0.05, 0) is 58.3 Å². The minimum Gasteiger partial charge on any atom is -0.496 e. The van der Waals surface area contributed by atoms with Gasteiger partial charge in [-0.25, -0.2) is 0 Å². The van der Waals surface area contributed by atoms with Crippen LogP contribution in [0.2, 0.25) is 0 Å². The summed E-state index contributed by atoms with van der Waals surface area (Å²) in [6.07, 6.45) is 5.07. The molecule has 116 valence electrons. The standard InChI is InChI=1S/C16H22BrNO3/c1-21-14-5-4-11(8-12(14)17)13(18)9-16(10-15(19)20)6-2-3-7-16/h4-5,8,13H,2-3,6-7,9-10,18H2,1H3,(H,19,20). The fraction of sp³-hybridized carbons (Fsp3) is 0.562. The summed E-state index contributed by atoms with van der Waals surface area (Å²) in [4.78, 5) is 11.2. The summed E-state index contributed by atoms with van der Waals surface area (Å²) in [6, 6.07) is 5.66. The number of hydrogen-bond donors (Lipinski definition) is 2. The Labute approximate surface area is 133 Å². The monoisotopic (exact) mass is 355 g/mol.